The van der Waals surface area contributed by atoms with Crippen molar-refractivity contribution in [3.05, 3.63) is 64.2 Å². The van der Waals surface area contributed by atoms with Gasteiger partial charge < -0.3 is 14.9 Å². The fourth-order valence-electron chi connectivity index (χ4n) is 3.63. The van der Waals surface area contributed by atoms with Gasteiger partial charge in [-0.25, -0.2) is 0 Å². The summed E-state index contributed by atoms with van der Waals surface area (Å²) in [4.78, 5) is 26.9. The van der Waals surface area contributed by atoms with Crippen molar-refractivity contribution < 1.29 is 27.9 Å². The molecule has 2 aliphatic rings. The van der Waals surface area contributed by atoms with Gasteiger partial charge in [-0.1, -0.05) is 12.1 Å². The van der Waals surface area contributed by atoms with Crippen LogP contribution >= 0.6 is 0 Å². The number of alkyl halides is 3. The summed E-state index contributed by atoms with van der Waals surface area (Å²) in [7, 11) is 1.75. The van der Waals surface area contributed by atoms with Crippen molar-refractivity contribution in [1.29, 1.82) is 0 Å². The first-order valence-corrected chi connectivity index (χ1v) is 9.01. The Hall–Kier alpha value is -3.40. The Morgan fingerprint density at radius 3 is 2.67 bits per heavy atom. The quantitative estimate of drug-likeness (QED) is 0.746. The standard InChI is InChI=1S/C20H17F3N4O3/c1-26-10-24-25-18(26)17(29)12-3-2-4-13(7-12)27-8-15-14(19(27)30)5-11(9-28)6-16(15)20(21,22)23/h2-7,9,17,24,29H,8,10H2,1H3/t17-/m1/s1. The second-order valence-corrected chi connectivity index (χ2v) is 7.08. The predicted molar refractivity (Wildman–Crippen MR) is 102 cm³/mol. The molecule has 0 fully saturated rings. The third-order valence-corrected chi connectivity index (χ3v) is 5.14. The fraction of sp³-hybridized carbons (Fsp3) is 0.250. The van der Waals surface area contributed by atoms with Gasteiger partial charge in [0.1, 0.15) is 19.1 Å². The maximum Gasteiger partial charge on any atom is 0.416 e. The Morgan fingerprint density at radius 2 is 2.03 bits per heavy atom. The molecule has 0 saturated heterocycles. The molecule has 0 unspecified atom stereocenters. The van der Waals surface area contributed by atoms with Crippen molar-refractivity contribution in [2.45, 2.75) is 18.8 Å². The molecule has 0 radical (unpaired) electrons. The molecule has 0 aliphatic carbocycles. The zero-order valence-corrected chi connectivity index (χ0v) is 15.8. The molecular formula is C20H17F3N4O3. The highest BCUT2D eigenvalue weighted by atomic mass is 19.4. The molecule has 156 valence electrons. The summed E-state index contributed by atoms with van der Waals surface area (Å²) < 4.78 is 40.5. The number of aldehydes is 1. The Bertz CT molecular complexity index is 1070. The Kier molecular flexibility index (Phi) is 4.73. The summed E-state index contributed by atoms with van der Waals surface area (Å²) in [5, 5.41) is 14.6. The summed E-state index contributed by atoms with van der Waals surface area (Å²) >= 11 is 0. The van der Waals surface area contributed by atoms with Crippen LogP contribution in [0.3, 0.4) is 0 Å². The molecule has 0 bridgehead atoms. The molecule has 2 N–H and O–H groups in total. The molecule has 0 saturated carbocycles. The highest BCUT2D eigenvalue weighted by Gasteiger charge is 2.40. The number of amides is 1. The lowest BCUT2D eigenvalue weighted by molar-refractivity contribution is -0.138. The Morgan fingerprint density at radius 1 is 1.27 bits per heavy atom. The van der Waals surface area contributed by atoms with Crippen molar-refractivity contribution in [3.8, 4) is 0 Å². The van der Waals surface area contributed by atoms with Gasteiger partial charge in [0.15, 0.2) is 5.84 Å². The monoisotopic (exact) mass is 418 g/mol. The number of carbonyl (C=O) groups is 2. The summed E-state index contributed by atoms with van der Waals surface area (Å²) in [5.41, 5.74) is 1.99. The van der Waals surface area contributed by atoms with E-state index < -0.39 is 23.8 Å². The largest absolute Gasteiger partial charge is 0.416 e. The number of anilines is 1. The van der Waals surface area contributed by atoms with E-state index in [-0.39, 0.29) is 29.5 Å². The zero-order valence-electron chi connectivity index (χ0n) is 15.8. The molecule has 4 rings (SSSR count). The first-order chi connectivity index (χ1) is 14.2. The Balaban J connectivity index is 1.71. The van der Waals surface area contributed by atoms with Crippen LogP contribution < -0.4 is 10.3 Å². The van der Waals surface area contributed by atoms with Crippen LogP contribution in [0.2, 0.25) is 0 Å². The zero-order chi connectivity index (χ0) is 21.6. The minimum Gasteiger partial charge on any atom is -0.380 e. The van der Waals surface area contributed by atoms with Gasteiger partial charge in [0, 0.05) is 23.9 Å². The normalized spacial score (nSPS) is 17.0. The van der Waals surface area contributed by atoms with E-state index in [0.29, 0.717) is 23.8 Å². The summed E-state index contributed by atoms with van der Waals surface area (Å²) in [6.45, 7) is 0.148. The molecule has 2 aromatic carbocycles. The highest BCUT2D eigenvalue weighted by molar-refractivity contribution is 6.11. The molecule has 2 aromatic rings. The lowest BCUT2D eigenvalue weighted by Gasteiger charge is -2.21. The summed E-state index contributed by atoms with van der Waals surface area (Å²) in [6.07, 6.45) is -5.48. The number of hydrogen-bond acceptors (Lipinski definition) is 6. The van der Waals surface area contributed by atoms with Crippen LogP contribution in [0.25, 0.3) is 0 Å². The highest BCUT2D eigenvalue weighted by Crippen LogP contribution is 2.39. The molecular weight excluding hydrogens is 401 g/mol. The molecule has 0 spiro atoms. The van der Waals surface area contributed by atoms with Crippen molar-refractivity contribution in [3.63, 3.8) is 0 Å². The lowest BCUT2D eigenvalue weighted by atomic mass is 9.99. The minimum absolute atomic E-state index is 0.151. The van der Waals surface area contributed by atoms with Gasteiger partial charge in [0.05, 0.1) is 12.1 Å². The van der Waals surface area contributed by atoms with E-state index in [1.165, 1.54) is 17.0 Å². The number of benzene rings is 2. The number of aliphatic hydroxyl groups excluding tert-OH is 1. The van der Waals surface area contributed by atoms with Gasteiger partial charge >= 0.3 is 6.18 Å². The van der Waals surface area contributed by atoms with Gasteiger partial charge in [-0.05, 0) is 35.4 Å². The number of likely N-dealkylation sites (N-methyl/N-ethyl adjacent to an activating group) is 1. The van der Waals surface area contributed by atoms with Crippen LogP contribution in [0.15, 0.2) is 41.5 Å². The van der Waals surface area contributed by atoms with E-state index in [4.69, 9.17) is 0 Å². The second-order valence-electron chi connectivity index (χ2n) is 7.08. The van der Waals surface area contributed by atoms with Crippen LogP contribution in [-0.4, -0.2) is 41.8 Å². The van der Waals surface area contributed by atoms with E-state index in [9.17, 15) is 27.9 Å². The average molecular weight is 418 g/mol. The van der Waals surface area contributed by atoms with Crippen LogP contribution in [0.5, 0.6) is 0 Å². The third-order valence-electron chi connectivity index (χ3n) is 5.14. The molecule has 2 heterocycles. The number of aliphatic hydroxyl groups is 1. The second kappa shape index (κ2) is 7.13. The predicted octanol–water partition coefficient (Wildman–Crippen LogP) is 2.52. The number of nitrogens with zero attached hydrogens (tertiary/aromatic N) is 3. The van der Waals surface area contributed by atoms with E-state index in [0.717, 1.165) is 6.07 Å². The molecule has 30 heavy (non-hydrogen) atoms. The number of hydrazone groups is 1. The van der Waals surface area contributed by atoms with Crippen molar-refractivity contribution >= 4 is 23.7 Å². The van der Waals surface area contributed by atoms with Crippen LogP contribution in [0, 0.1) is 0 Å². The number of carbonyl (C=O) groups excluding carboxylic acids is 2. The van der Waals surface area contributed by atoms with Crippen molar-refractivity contribution in [2.75, 3.05) is 18.6 Å². The molecule has 10 heteroatoms. The minimum atomic E-state index is -4.70. The SMILES string of the molecule is CN1CNN=C1[C@H](O)c1cccc(N2Cc3c(cc(C=O)cc3C(F)(F)F)C2=O)c1. The van der Waals surface area contributed by atoms with Crippen molar-refractivity contribution in [2.24, 2.45) is 5.10 Å². The first-order valence-electron chi connectivity index (χ1n) is 9.01. The van der Waals surface area contributed by atoms with Crippen molar-refractivity contribution in [1.82, 2.24) is 10.3 Å². The maximum atomic E-state index is 13.5. The molecule has 7 nitrogen and oxygen atoms in total. The van der Waals surface area contributed by atoms with Gasteiger partial charge in [0.25, 0.3) is 5.91 Å². The average Bonchev–Trinajstić information content (AvgIpc) is 3.29. The number of rotatable bonds is 4. The smallest absolute Gasteiger partial charge is 0.380 e. The van der Waals surface area contributed by atoms with Gasteiger partial charge in [-0.2, -0.15) is 18.3 Å². The number of hydrogen-bond donors (Lipinski definition) is 2. The molecule has 2 aliphatic heterocycles. The fourth-order valence-corrected chi connectivity index (χ4v) is 3.63. The number of nitrogens with one attached hydrogen (secondary N) is 1. The van der Waals surface area contributed by atoms with Gasteiger partial charge in [0.2, 0.25) is 0 Å². The molecule has 0 aromatic heterocycles. The van der Waals surface area contributed by atoms with E-state index in [2.05, 4.69) is 10.5 Å². The Labute approximate surface area is 169 Å². The van der Waals surface area contributed by atoms with Gasteiger partial charge in [-0.3, -0.25) is 15.0 Å². The third kappa shape index (κ3) is 3.28. The lowest BCUT2D eigenvalue weighted by Crippen LogP contribution is -2.29. The first kappa shape index (κ1) is 19.9. The van der Waals surface area contributed by atoms with Gasteiger partial charge in [-0.15, -0.1) is 0 Å². The van der Waals surface area contributed by atoms with Crippen LogP contribution in [0.1, 0.15) is 43.5 Å². The van der Waals surface area contributed by atoms with Crippen LogP contribution in [-0.2, 0) is 12.7 Å². The van der Waals surface area contributed by atoms with E-state index >= 15 is 0 Å². The topological polar surface area (TPSA) is 85.2 Å². The van der Waals surface area contributed by atoms with Crippen LogP contribution in [0.4, 0.5) is 18.9 Å². The number of fused-ring (bicyclic) bond motifs is 1. The summed E-state index contributed by atoms with van der Waals surface area (Å²) in [5.74, 6) is -0.249. The molecule has 1 amide bonds. The summed E-state index contributed by atoms with van der Waals surface area (Å²) in [6, 6.07) is 8.29. The molecule has 1 atom stereocenters. The van der Waals surface area contributed by atoms with E-state index in [1.54, 1.807) is 30.1 Å². The maximum absolute atomic E-state index is 13.5. The van der Waals surface area contributed by atoms with E-state index in [1.807, 2.05) is 0 Å². The number of halogens is 3. The number of amidine groups is 1.